The monoisotopic (exact) mass is 380 g/mol. The third-order valence-electron chi connectivity index (χ3n) is 5.42. The molecule has 1 aliphatic heterocycles. The van der Waals surface area contributed by atoms with Gasteiger partial charge in [0.1, 0.15) is 5.75 Å². The standard InChI is InChI=1S/C19H26ClN3O3/c20-16-5-7-17(8-6-16)26-13-19(25)22-21-18(24)12-23-10-9-14-3-1-2-4-15(14)11-23/h5-8,14-15H,1-4,9-13H2,(H,21,24)(H,22,25)/p+1/t14-,15-/m1/s1. The first kappa shape index (κ1) is 19.0. The molecule has 0 aromatic heterocycles. The molecule has 1 aliphatic carbocycles. The summed E-state index contributed by atoms with van der Waals surface area (Å²) in [6.07, 6.45) is 6.56. The summed E-state index contributed by atoms with van der Waals surface area (Å²) in [4.78, 5) is 25.2. The molecule has 3 N–H and O–H groups in total. The fourth-order valence-electron chi connectivity index (χ4n) is 4.08. The first-order valence-electron chi connectivity index (χ1n) is 9.40. The molecule has 1 heterocycles. The zero-order valence-corrected chi connectivity index (χ0v) is 15.7. The molecule has 1 unspecified atom stereocenters. The third-order valence-corrected chi connectivity index (χ3v) is 5.67. The van der Waals surface area contributed by atoms with Crippen molar-refractivity contribution in [2.24, 2.45) is 11.8 Å². The summed E-state index contributed by atoms with van der Waals surface area (Å²) in [5.74, 6) is 1.63. The largest absolute Gasteiger partial charge is 0.484 e. The van der Waals surface area contributed by atoms with Gasteiger partial charge in [-0.3, -0.25) is 20.4 Å². The number of hydrogen-bond acceptors (Lipinski definition) is 3. The van der Waals surface area contributed by atoms with Crippen molar-refractivity contribution in [1.29, 1.82) is 0 Å². The van der Waals surface area contributed by atoms with E-state index in [2.05, 4.69) is 10.9 Å². The first-order valence-corrected chi connectivity index (χ1v) is 9.77. The Morgan fingerprint density at radius 1 is 1.04 bits per heavy atom. The lowest BCUT2D eigenvalue weighted by Gasteiger charge is -2.38. The smallest absolute Gasteiger partial charge is 0.293 e. The number of rotatable bonds is 5. The molecule has 3 rings (SSSR count). The second kappa shape index (κ2) is 9.24. The van der Waals surface area contributed by atoms with Gasteiger partial charge in [-0.1, -0.05) is 24.4 Å². The molecule has 1 saturated carbocycles. The number of carbonyl (C=O) groups excluding carboxylic acids is 2. The van der Waals surface area contributed by atoms with Crippen LogP contribution in [-0.4, -0.2) is 38.1 Å². The van der Waals surface area contributed by atoms with E-state index in [9.17, 15) is 9.59 Å². The maximum absolute atomic E-state index is 12.1. The Bertz CT molecular complexity index is 623. The second-order valence-corrected chi connectivity index (χ2v) is 7.75. The Hall–Kier alpha value is -1.79. The molecule has 1 aromatic carbocycles. The Balaban J connectivity index is 1.33. The molecule has 142 valence electrons. The number of ether oxygens (including phenoxy) is 1. The Kier molecular flexibility index (Phi) is 6.74. The molecule has 1 aromatic rings. The average Bonchev–Trinajstić information content (AvgIpc) is 2.66. The van der Waals surface area contributed by atoms with Crippen molar-refractivity contribution in [3.63, 3.8) is 0 Å². The molecule has 26 heavy (non-hydrogen) atoms. The van der Waals surface area contributed by atoms with Gasteiger partial charge in [0.2, 0.25) is 0 Å². The van der Waals surface area contributed by atoms with Crippen LogP contribution in [0.15, 0.2) is 24.3 Å². The van der Waals surface area contributed by atoms with Gasteiger partial charge in [-0.15, -0.1) is 0 Å². The highest BCUT2D eigenvalue weighted by Gasteiger charge is 2.34. The third kappa shape index (κ3) is 5.61. The lowest BCUT2D eigenvalue weighted by atomic mass is 9.75. The number of nitrogens with one attached hydrogen (secondary N) is 3. The minimum absolute atomic E-state index is 0.158. The number of hydrogen-bond donors (Lipinski definition) is 3. The molecule has 0 bridgehead atoms. The van der Waals surface area contributed by atoms with Crippen molar-refractivity contribution in [3.8, 4) is 5.75 Å². The lowest BCUT2D eigenvalue weighted by molar-refractivity contribution is -0.902. The van der Waals surface area contributed by atoms with Gasteiger partial charge in [0.25, 0.3) is 11.8 Å². The van der Waals surface area contributed by atoms with Crippen molar-refractivity contribution >= 4 is 23.4 Å². The quantitative estimate of drug-likeness (QED) is 0.666. The first-order chi connectivity index (χ1) is 12.6. The number of likely N-dealkylation sites (tertiary alicyclic amines) is 1. The van der Waals surface area contributed by atoms with E-state index in [0.717, 1.165) is 24.9 Å². The van der Waals surface area contributed by atoms with Crippen molar-refractivity contribution in [2.75, 3.05) is 26.2 Å². The van der Waals surface area contributed by atoms with E-state index >= 15 is 0 Å². The van der Waals surface area contributed by atoms with E-state index < -0.39 is 5.91 Å². The molecule has 3 atom stereocenters. The van der Waals surface area contributed by atoms with Crippen molar-refractivity contribution in [3.05, 3.63) is 29.3 Å². The molecule has 2 amide bonds. The average molecular weight is 381 g/mol. The second-order valence-electron chi connectivity index (χ2n) is 7.31. The Morgan fingerprint density at radius 3 is 2.50 bits per heavy atom. The summed E-state index contributed by atoms with van der Waals surface area (Å²) in [5, 5.41) is 0.605. The number of hydrazine groups is 1. The molecule has 2 aliphatic rings. The van der Waals surface area contributed by atoms with Gasteiger partial charge in [0.15, 0.2) is 13.2 Å². The van der Waals surface area contributed by atoms with E-state index in [4.69, 9.17) is 16.3 Å². The van der Waals surface area contributed by atoms with Gasteiger partial charge in [-0.25, -0.2) is 0 Å². The highest BCUT2D eigenvalue weighted by atomic mass is 35.5. The maximum atomic E-state index is 12.1. The number of fused-ring (bicyclic) bond motifs is 1. The van der Waals surface area contributed by atoms with E-state index in [1.165, 1.54) is 37.0 Å². The zero-order chi connectivity index (χ0) is 18.4. The summed E-state index contributed by atoms with van der Waals surface area (Å²) in [7, 11) is 0. The van der Waals surface area contributed by atoms with Gasteiger partial charge >= 0.3 is 0 Å². The minimum atomic E-state index is -0.394. The Morgan fingerprint density at radius 2 is 1.73 bits per heavy atom. The summed E-state index contributed by atoms with van der Waals surface area (Å²) in [5.41, 5.74) is 4.89. The highest BCUT2D eigenvalue weighted by molar-refractivity contribution is 6.30. The van der Waals surface area contributed by atoms with Crippen LogP contribution < -0.4 is 20.5 Å². The summed E-state index contributed by atoms with van der Waals surface area (Å²) in [6, 6.07) is 6.75. The SMILES string of the molecule is O=C(COc1ccc(Cl)cc1)NNC(=O)C[NH+]1CC[C@H]2CCCC[C@@H]2C1. The van der Waals surface area contributed by atoms with Crippen LogP contribution in [0.3, 0.4) is 0 Å². The lowest BCUT2D eigenvalue weighted by Crippen LogP contribution is -3.15. The van der Waals surface area contributed by atoms with Gasteiger partial charge in [0, 0.05) is 10.9 Å². The molecule has 0 radical (unpaired) electrons. The summed E-state index contributed by atoms with van der Waals surface area (Å²) >= 11 is 5.79. The van der Waals surface area contributed by atoms with Crippen LogP contribution in [0.25, 0.3) is 0 Å². The number of piperidine rings is 1. The maximum Gasteiger partial charge on any atom is 0.293 e. The van der Waals surface area contributed by atoms with Gasteiger partial charge in [-0.05, 0) is 49.4 Å². The van der Waals surface area contributed by atoms with Gasteiger partial charge in [0.05, 0.1) is 13.1 Å². The summed E-state index contributed by atoms with van der Waals surface area (Å²) < 4.78 is 5.34. The van der Waals surface area contributed by atoms with E-state index in [1.807, 2.05) is 0 Å². The highest BCUT2D eigenvalue weighted by Crippen LogP contribution is 2.32. The van der Waals surface area contributed by atoms with Gasteiger partial charge < -0.3 is 9.64 Å². The van der Waals surface area contributed by atoms with Gasteiger partial charge in [-0.2, -0.15) is 0 Å². The Labute approximate surface area is 159 Å². The van der Waals surface area contributed by atoms with Crippen LogP contribution in [0, 0.1) is 11.8 Å². The fourth-order valence-corrected chi connectivity index (χ4v) is 4.21. The topological polar surface area (TPSA) is 71.9 Å². The molecule has 2 fully saturated rings. The predicted molar refractivity (Wildman–Crippen MR) is 98.9 cm³/mol. The molecular formula is C19H27ClN3O3+. The number of benzene rings is 1. The van der Waals surface area contributed by atoms with E-state index in [1.54, 1.807) is 24.3 Å². The zero-order valence-electron chi connectivity index (χ0n) is 14.9. The van der Waals surface area contributed by atoms with E-state index in [-0.39, 0.29) is 12.5 Å². The van der Waals surface area contributed by atoms with Crippen molar-refractivity contribution < 1.29 is 19.2 Å². The van der Waals surface area contributed by atoms with Crippen LogP contribution >= 0.6 is 11.6 Å². The molecule has 0 spiro atoms. The van der Waals surface area contributed by atoms with E-state index in [0.29, 0.717) is 17.3 Å². The number of carbonyl (C=O) groups is 2. The van der Waals surface area contributed by atoms with Crippen molar-refractivity contribution in [2.45, 2.75) is 32.1 Å². The van der Waals surface area contributed by atoms with Crippen LogP contribution in [0.4, 0.5) is 0 Å². The normalized spacial score (nSPS) is 25.0. The number of amides is 2. The summed E-state index contributed by atoms with van der Waals surface area (Å²) in [6.45, 7) is 2.36. The number of quaternary nitrogens is 1. The number of halogens is 1. The minimum Gasteiger partial charge on any atom is -0.484 e. The van der Waals surface area contributed by atoms with Crippen LogP contribution in [0.5, 0.6) is 5.75 Å². The van der Waals surface area contributed by atoms with Crippen LogP contribution in [0.2, 0.25) is 5.02 Å². The molecular weight excluding hydrogens is 354 g/mol. The van der Waals surface area contributed by atoms with Crippen molar-refractivity contribution in [1.82, 2.24) is 10.9 Å². The molecule has 6 nitrogen and oxygen atoms in total. The fraction of sp³-hybridized carbons (Fsp3) is 0.579. The molecule has 7 heteroatoms. The molecule has 1 saturated heterocycles. The van der Waals surface area contributed by atoms with Crippen LogP contribution in [-0.2, 0) is 9.59 Å². The predicted octanol–water partition coefficient (Wildman–Crippen LogP) is 0.961. The van der Waals surface area contributed by atoms with Crippen LogP contribution in [0.1, 0.15) is 32.1 Å².